The predicted molar refractivity (Wildman–Crippen MR) is 79.3 cm³/mol. The van der Waals surface area contributed by atoms with Crippen LogP contribution < -0.4 is 0 Å². The van der Waals surface area contributed by atoms with Gasteiger partial charge in [0.15, 0.2) is 0 Å². The highest BCUT2D eigenvalue weighted by atomic mass is 32.2. The summed E-state index contributed by atoms with van der Waals surface area (Å²) in [5.41, 5.74) is 0. The number of sulfone groups is 1. The number of rotatable bonds is 5. The van der Waals surface area contributed by atoms with E-state index in [2.05, 4.69) is 4.90 Å². The van der Waals surface area contributed by atoms with E-state index in [9.17, 15) is 13.2 Å². The predicted octanol–water partition coefficient (Wildman–Crippen LogP) is 0.896. The Labute approximate surface area is 122 Å². The number of nitrogens with zero attached hydrogens (tertiary/aromatic N) is 2. The standard InChI is InChI=1S/C14H26N2O3S/c1-12(17)16-10-4-7-14(16)13-6-3-8-15(13)9-5-11-20(2,18)19/h13-14H,3-11H2,1-2H3/t13-,14-/m0/s1. The number of carbonyl (C=O) groups excluding carboxylic acids is 1. The highest BCUT2D eigenvalue weighted by molar-refractivity contribution is 7.90. The number of likely N-dealkylation sites (tertiary alicyclic amines) is 2. The average molecular weight is 302 g/mol. The maximum absolute atomic E-state index is 11.7. The maximum Gasteiger partial charge on any atom is 0.219 e. The lowest BCUT2D eigenvalue weighted by molar-refractivity contribution is -0.130. The quantitative estimate of drug-likeness (QED) is 0.757. The molecule has 2 heterocycles. The third-order valence-corrected chi connectivity index (χ3v) is 5.55. The van der Waals surface area contributed by atoms with Gasteiger partial charge < -0.3 is 4.90 Å². The number of carbonyl (C=O) groups is 1. The Hall–Kier alpha value is -0.620. The summed E-state index contributed by atoms with van der Waals surface area (Å²) in [6, 6.07) is 0.772. The van der Waals surface area contributed by atoms with Gasteiger partial charge in [-0.1, -0.05) is 0 Å². The van der Waals surface area contributed by atoms with Crippen molar-refractivity contribution >= 4 is 15.7 Å². The molecule has 0 saturated carbocycles. The molecule has 0 bridgehead atoms. The van der Waals surface area contributed by atoms with Crippen molar-refractivity contribution in [3.63, 3.8) is 0 Å². The summed E-state index contributed by atoms with van der Waals surface area (Å²) in [7, 11) is -2.87. The molecule has 116 valence electrons. The molecule has 1 amide bonds. The smallest absolute Gasteiger partial charge is 0.219 e. The third kappa shape index (κ3) is 3.95. The van der Waals surface area contributed by atoms with Crippen LogP contribution in [0.15, 0.2) is 0 Å². The van der Waals surface area contributed by atoms with Crippen molar-refractivity contribution in [2.75, 3.05) is 31.6 Å². The summed E-state index contributed by atoms with van der Waals surface area (Å²) in [6.07, 6.45) is 6.47. The van der Waals surface area contributed by atoms with Gasteiger partial charge in [-0.25, -0.2) is 8.42 Å². The summed E-state index contributed by atoms with van der Waals surface area (Å²) in [4.78, 5) is 16.1. The zero-order valence-corrected chi connectivity index (χ0v) is 13.4. The van der Waals surface area contributed by atoms with E-state index in [1.165, 1.54) is 6.26 Å². The van der Waals surface area contributed by atoms with Crippen molar-refractivity contribution in [1.82, 2.24) is 9.80 Å². The van der Waals surface area contributed by atoms with Crippen LogP contribution in [0.3, 0.4) is 0 Å². The Morgan fingerprint density at radius 3 is 2.45 bits per heavy atom. The largest absolute Gasteiger partial charge is 0.338 e. The molecule has 2 aliphatic heterocycles. The molecule has 0 aromatic carbocycles. The normalized spacial score (nSPS) is 28.2. The Bertz CT molecular complexity index is 449. The highest BCUT2D eigenvalue weighted by Crippen LogP contribution is 2.30. The molecule has 5 nitrogen and oxygen atoms in total. The van der Waals surface area contributed by atoms with Gasteiger partial charge in [0.25, 0.3) is 0 Å². The van der Waals surface area contributed by atoms with Crippen LogP contribution in [0.1, 0.15) is 39.0 Å². The minimum Gasteiger partial charge on any atom is -0.338 e. The molecule has 0 spiro atoms. The van der Waals surface area contributed by atoms with E-state index in [0.29, 0.717) is 18.5 Å². The zero-order valence-electron chi connectivity index (χ0n) is 12.5. The first-order chi connectivity index (χ1) is 9.38. The van der Waals surface area contributed by atoms with Crippen LogP contribution in [0.5, 0.6) is 0 Å². The van der Waals surface area contributed by atoms with Crippen LogP contribution in [-0.2, 0) is 14.6 Å². The second-order valence-corrected chi connectivity index (χ2v) is 8.41. The fourth-order valence-corrected chi connectivity index (χ4v) is 4.33. The van der Waals surface area contributed by atoms with Crippen LogP contribution in [0.4, 0.5) is 0 Å². The van der Waals surface area contributed by atoms with Crippen LogP contribution >= 0.6 is 0 Å². The average Bonchev–Trinajstić information content (AvgIpc) is 2.93. The van der Waals surface area contributed by atoms with Gasteiger partial charge in [-0.15, -0.1) is 0 Å². The van der Waals surface area contributed by atoms with E-state index in [1.54, 1.807) is 6.92 Å². The number of hydrogen-bond donors (Lipinski definition) is 0. The lowest BCUT2D eigenvalue weighted by Gasteiger charge is -2.34. The van der Waals surface area contributed by atoms with Gasteiger partial charge in [0.1, 0.15) is 9.84 Å². The van der Waals surface area contributed by atoms with Crippen LogP contribution in [0.25, 0.3) is 0 Å². The molecule has 0 aromatic rings. The monoisotopic (exact) mass is 302 g/mol. The summed E-state index contributed by atoms with van der Waals surface area (Å²) >= 11 is 0. The highest BCUT2D eigenvalue weighted by Gasteiger charge is 2.38. The van der Waals surface area contributed by atoms with Gasteiger partial charge in [-0.2, -0.15) is 0 Å². The summed E-state index contributed by atoms with van der Waals surface area (Å²) in [5, 5.41) is 0. The fraction of sp³-hybridized carbons (Fsp3) is 0.929. The minimum absolute atomic E-state index is 0.176. The van der Waals surface area contributed by atoms with Crippen molar-refractivity contribution in [3.05, 3.63) is 0 Å². The molecule has 0 unspecified atom stereocenters. The van der Waals surface area contributed by atoms with Gasteiger partial charge >= 0.3 is 0 Å². The molecule has 6 heteroatoms. The van der Waals surface area contributed by atoms with Crippen molar-refractivity contribution in [2.45, 2.75) is 51.1 Å². The number of hydrogen-bond acceptors (Lipinski definition) is 4. The lowest BCUT2D eigenvalue weighted by atomic mass is 10.0. The summed E-state index contributed by atoms with van der Waals surface area (Å²) in [6.45, 7) is 4.41. The Balaban J connectivity index is 1.91. The molecular formula is C14H26N2O3S. The van der Waals surface area contributed by atoms with Crippen molar-refractivity contribution in [1.29, 1.82) is 0 Å². The Kier molecular flexibility index (Phi) is 5.07. The van der Waals surface area contributed by atoms with Crippen LogP contribution in [0, 0.1) is 0 Å². The van der Waals surface area contributed by atoms with Gasteiger partial charge in [0, 0.05) is 31.8 Å². The second kappa shape index (κ2) is 6.43. The molecule has 0 aliphatic carbocycles. The van der Waals surface area contributed by atoms with Gasteiger partial charge in [0.05, 0.1) is 5.75 Å². The van der Waals surface area contributed by atoms with Gasteiger partial charge in [-0.3, -0.25) is 9.69 Å². The molecule has 20 heavy (non-hydrogen) atoms. The maximum atomic E-state index is 11.7. The minimum atomic E-state index is -2.87. The molecule has 2 rings (SSSR count). The molecule has 0 N–H and O–H groups in total. The van der Waals surface area contributed by atoms with Crippen molar-refractivity contribution in [2.24, 2.45) is 0 Å². The second-order valence-electron chi connectivity index (χ2n) is 6.15. The van der Waals surface area contributed by atoms with Crippen LogP contribution in [0.2, 0.25) is 0 Å². The lowest BCUT2D eigenvalue weighted by Crippen LogP contribution is -2.48. The van der Waals surface area contributed by atoms with E-state index >= 15 is 0 Å². The number of amides is 1. The first-order valence-electron chi connectivity index (χ1n) is 7.57. The SMILES string of the molecule is CC(=O)N1CCC[C@H]1[C@@H]1CCCN1CCCS(C)(=O)=O. The Morgan fingerprint density at radius 2 is 1.80 bits per heavy atom. The molecular weight excluding hydrogens is 276 g/mol. The van der Waals surface area contributed by atoms with E-state index < -0.39 is 9.84 Å². The van der Waals surface area contributed by atoms with Crippen LogP contribution in [-0.4, -0.2) is 67.9 Å². The molecule has 0 radical (unpaired) electrons. The molecule has 2 saturated heterocycles. The first kappa shape index (κ1) is 15.8. The molecule has 2 fully saturated rings. The molecule has 0 aromatic heterocycles. The van der Waals surface area contributed by atoms with Crippen molar-refractivity contribution in [3.8, 4) is 0 Å². The fourth-order valence-electron chi connectivity index (χ4n) is 3.68. The van der Waals surface area contributed by atoms with E-state index in [0.717, 1.165) is 45.3 Å². The zero-order chi connectivity index (χ0) is 14.8. The third-order valence-electron chi connectivity index (χ3n) is 4.52. The van der Waals surface area contributed by atoms with Gasteiger partial charge in [-0.05, 0) is 45.2 Å². The van der Waals surface area contributed by atoms with E-state index in [4.69, 9.17) is 0 Å². The van der Waals surface area contributed by atoms with Crippen molar-refractivity contribution < 1.29 is 13.2 Å². The molecule has 2 aliphatic rings. The topological polar surface area (TPSA) is 57.7 Å². The van der Waals surface area contributed by atoms with Gasteiger partial charge in [0.2, 0.25) is 5.91 Å². The Morgan fingerprint density at radius 1 is 1.15 bits per heavy atom. The summed E-state index contributed by atoms with van der Waals surface area (Å²) in [5.74, 6) is 0.438. The van der Waals surface area contributed by atoms with E-state index in [1.807, 2.05) is 4.90 Å². The summed E-state index contributed by atoms with van der Waals surface area (Å²) < 4.78 is 22.4. The van der Waals surface area contributed by atoms with E-state index in [-0.39, 0.29) is 11.7 Å². The first-order valence-corrected chi connectivity index (χ1v) is 9.63. The molecule has 2 atom stereocenters.